The van der Waals surface area contributed by atoms with E-state index in [1.165, 1.54) is 43.5 Å². The Labute approximate surface area is 104 Å². The molecule has 1 heterocycles. The number of nitrogens with zero attached hydrogens (tertiary/aromatic N) is 1. The molecule has 2 aliphatic rings. The van der Waals surface area contributed by atoms with Crippen molar-refractivity contribution in [2.75, 3.05) is 11.4 Å². The Morgan fingerprint density at radius 2 is 2.06 bits per heavy atom. The molecule has 1 N–H and O–H groups in total. The van der Waals surface area contributed by atoms with Gasteiger partial charge in [-0.1, -0.05) is 18.2 Å². The van der Waals surface area contributed by atoms with Crippen LogP contribution < -0.4 is 10.2 Å². The average molecular weight is 230 g/mol. The van der Waals surface area contributed by atoms with Crippen molar-refractivity contribution in [1.29, 1.82) is 0 Å². The summed E-state index contributed by atoms with van der Waals surface area (Å²) >= 11 is 0. The first-order valence-electron chi connectivity index (χ1n) is 6.92. The molecule has 0 radical (unpaired) electrons. The number of benzene rings is 1. The molecule has 2 nitrogen and oxygen atoms in total. The second kappa shape index (κ2) is 4.69. The molecule has 1 aliphatic carbocycles. The molecular weight excluding hydrogens is 208 g/mol. The molecule has 0 aromatic heterocycles. The highest BCUT2D eigenvalue weighted by Crippen LogP contribution is 2.29. The molecule has 1 aromatic rings. The monoisotopic (exact) mass is 230 g/mol. The van der Waals surface area contributed by atoms with Gasteiger partial charge >= 0.3 is 0 Å². The molecule has 1 saturated carbocycles. The predicted octanol–water partition coefficient (Wildman–Crippen LogP) is 2.93. The van der Waals surface area contributed by atoms with Crippen molar-refractivity contribution >= 4 is 5.69 Å². The van der Waals surface area contributed by atoms with E-state index in [-0.39, 0.29) is 0 Å². The maximum Gasteiger partial charge on any atom is 0.0414 e. The summed E-state index contributed by atoms with van der Waals surface area (Å²) in [6.07, 6.45) is 5.40. The zero-order chi connectivity index (χ0) is 11.7. The van der Waals surface area contributed by atoms with Crippen LogP contribution in [0.2, 0.25) is 0 Å². The molecule has 1 saturated heterocycles. The van der Waals surface area contributed by atoms with Gasteiger partial charge in [0.15, 0.2) is 0 Å². The highest BCUT2D eigenvalue weighted by Gasteiger charge is 2.24. The van der Waals surface area contributed by atoms with E-state index in [9.17, 15) is 0 Å². The highest BCUT2D eigenvalue weighted by molar-refractivity contribution is 5.55. The van der Waals surface area contributed by atoms with Crippen molar-refractivity contribution in [1.82, 2.24) is 5.32 Å². The average Bonchev–Trinajstić information content (AvgIpc) is 3.09. The van der Waals surface area contributed by atoms with Gasteiger partial charge in [-0.15, -0.1) is 0 Å². The van der Waals surface area contributed by atoms with Crippen LogP contribution in [0.3, 0.4) is 0 Å². The van der Waals surface area contributed by atoms with Gasteiger partial charge in [0, 0.05) is 30.9 Å². The van der Waals surface area contributed by atoms with Gasteiger partial charge in [-0.05, 0) is 44.2 Å². The zero-order valence-corrected chi connectivity index (χ0v) is 10.7. The Morgan fingerprint density at radius 1 is 1.24 bits per heavy atom. The number of hydrogen-bond acceptors (Lipinski definition) is 2. The topological polar surface area (TPSA) is 15.3 Å². The quantitative estimate of drug-likeness (QED) is 0.855. The first kappa shape index (κ1) is 11.1. The van der Waals surface area contributed by atoms with Crippen LogP contribution in [-0.4, -0.2) is 18.6 Å². The minimum absolute atomic E-state index is 0.706. The lowest BCUT2D eigenvalue weighted by molar-refractivity contribution is 0.679. The van der Waals surface area contributed by atoms with Crippen LogP contribution in [0.5, 0.6) is 0 Å². The Balaban J connectivity index is 1.76. The second-order valence-corrected chi connectivity index (χ2v) is 5.47. The van der Waals surface area contributed by atoms with Crippen LogP contribution in [0.15, 0.2) is 24.3 Å². The molecule has 2 fully saturated rings. The van der Waals surface area contributed by atoms with Gasteiger partial charge in [0.1, 0.15) is 0 Å². The van der Waals surface area contributed by atoms with E-state index in [4.69, 9.17) is 0 Å². The summed E-state index contributed by atoms with van der Waals surface area (Å²) in [4.78, 5) is 2.57. The van der Waals surface area contributed by atoms with E-state index in [1.54, 1.807) is 0 Å². The molecule has 92 valence electrons. The van der Waals surface area contributed by atoms with Gasteiger partial charge < -0.3 is 10.2 Å². The van der Waals surface area contributed by atoms with Gasteiger partial charge in [0.05, 0.1) is 0 Å². The molecular formula is C15H22N2. The van der Waals surface area contributed by atoms with Crippen molar-refractivity contribution in [2.24, 2.45) is 0 Å². The van der Waals surface area contributed by atoms with Gasteiger partial charge in [-0.25, -0.2) is 0 Å². The Morgan fingerprint density at radius 3 is 2.76 bits per heavy atom. The predicted molar refractivity (Wildman–Crippen MR) is 72.3 cm³/mol. The van der Waals surface area contributed by atoms with Crippen molar-refractivity contribution < 1.29 is 0 Å². The molecule has 17 heavy (non-hydrogen) atoms. The maximum absolute atomic E-state index is 3.62. The third kappa shape index (κ3) is 2.47. The molecule has 1 aromatic carbocycles. The fraction of sp³-hybridized carbons (Fsp3) is 0.600. The largest absolute Gasteiger partial charge is 0.369 e. The fourth-order valence-corrected chi connectivity index (χ4v) is 2.77. The Bertz CT molecular complexity index is 384. The number of nitrogens with one attached hydrogen (secondary N) is 1. The lowest BCUT2D eigenvalue weighted by Gasteiger charge is -2.26. The number of rotatable bonds is 4. The van der Waals surface area contributed by atoms with Gasteiger partial charge in [0.25, 0.3) is 0 Å². The molecule has 1 unspecified atom stereocenters. The molecule has 1 atom stereocenters. The van der Waals surface area contributed by atoms with Crippen molar-refractivity contribution in [3.8, 4) is 0 Å². The van der Waals surface area contributed by atoms with E-state index >= 15 is 0 Å². The van der Waals surface area contributed by atoms with Crippen LogP contribution in [0.25, 0.3) is 0 Å². The number of anilines is 1. The van der Waals surface area contributed by atoms with E-state index in [0.717, 1.165) is 12.6 Å². The summed E-state index contributed by atoms with van der Waals surface area (Å²) in [5, 5.41) is 3.62. The smallest absolute Gasteiger partial charge is 0.0414 e. The van der Waals surface area contributed by atoms with Gasteiger partial charge in [-0.2, -0.15) is 0 Å². The molecule has 0 amide bonds. The first-order valence-corrected chi connectivity index (χ1v) is 6.92. The molecule has 2 heteroatoms. The van der Waals surface area contributed by atoms with E-state index in [0.29, 0.717) is 6.04 Å². The third-order valence-electron chi connectivity index (χ3n) is 4.01. The summed E-state index contributed by atoms with van der Waals surface area (Å²) < 4.78 is 0. The zero-order valence-electron chi connectivity index (χ0n) is 10.7. The third-order valence-corrected chi connectivity index (χ3v) is 4.01. The van der Waals surface area contributed by atoms with Crippen LogP contribution in [0.4, 0.5) is 5.69 Å². The van der Waals surface area contributed by atoms with Gasteiger partial charge in [0.2, 0.25) is 0 Å². The lowest BCUT2D eigenvalue weighted by atomic mass is 10.1. The highest BCUT2D eigenvalue weighted by atomic mass is 15.2. The molecule has 3 rings (SSSR count). The Hall–Kier alpha value is -1.02. The van der Waals surface area contributed by atoms with Crippen molar-refractivity contribution in [2.45, 2.75) is 51.2 Å². The summed E-state index contributed by atoms with van der Waals surface area (Å²) in [5.41, 5.74) is 2.92. The second-order valence-electron chi connectivity index (χ2n) is 5.47. The number of hydrogen-bond donors (Lipinski definition) is 1. The fourth-order valence-electron chi connectivity index (χ4n) is 2.77. The molecule has 1 aliphatic heterocycles. The van der Waals surface area contributed by atoms with Crippen molar-refractivity contribution in [3.63, 3.8) is 0 Å². The van der Waals surface area contributed by atoms with Gasteiger partial charge in [-0.3, -0.25) is 0 Å². The van der Waals surface area contributed by atoms with Crippen LogP contribution in [0, 0.1) is 0 Å². The van der Waals surface area contributed by atoms with E-state index in [1.807, 2.05) is 0 Å². The Kier molecular flexibility index (Phi) is 3.06. The van der Waals surface area contributed by atoms with Crippen LogP contribution >= 0.6 is 0 Å². The first-order chi connectivity index (χ1) is 8.34. The maximum atomic E-state index is 3.62. The van der Waals surface area contributed by atoms with Crippen LogP contribution in [0.1, 0.15) is 38.2 Å². The minimum atomic E-state index is 0.706. The standard InChI is InChI=1S/C15H22N2/c1-12-5-4-10-17(12)15-7-3-2-6-13(15)11-16-14-8-9-14/h2-3,6-7,12,14,16H,4-5,8-11H2,1H3. The number of para-hydroxylation sites is 1. The normalized spacial score (nSPS) is 24.3. The van der Waals surface area contributed by atoms with E-state index < -0.39 is 0 Å². The lowest BCUT2D eigenvalue weighted by Crippen LogP contribution is -2.28. The summed E-state index contributed by atoms with van der Waals surface area (Å²) in [7, 11) is 0. The van der Waals surface area contributed by atoms with E-state index in [2.05, 4.69) is 41.4 Å². The van der Waals surface area contributed by atoms with Crippen LogP contribution in [-0.2, 0) is 6.54 Å². The SMILES string of the molecule is CC1CCCN1c1ccccc1CNC1CC1. The molecule has 0 spiro atoms. The minimum Gasteiger partial charge on any atom is -0.369 e. The summed E-state index contributed by atoms with van der Waals surface area (Å²) in [5.74, 6) is 0. The molecule has 0 bridgehead atoms. The summed E-state index contributed by atoms with van der Waals surface area (Å²) in [6, 6.07) is 10.4. The summed E-state index contributed by atoms with van der Waals surface area (Å²) in [6.45, 7) is 4.60. The van der Waals surface area contributed by atoms with Crippen molar-refractivity contribution in [3.05, 3.63) is 29.8 Å².